The summed E-state index contributed by atoms with van der Waals surface area (Å²) in [6, 6.07) is 2.88. The number of nitrogens with one attached hydrogen (secondary N) is 3. The van der Waals surface area contributed by atoms with Gasteiger partial charge in [0.05, 0.1) is 12.1 Å². The summed E-state index contributed by atoms with van der Waals surface area (Å²) < 4.78 is 0. The van der Waals surface area contributed by atoms with Crippen LogP contribution in [0.2, 0.25) is 0 Å². The summed E-state index contributed by atoms with van der Waals surface area (Å²) in [5, 5.41) is 25.9. The Morgan fingerprint density at radius 1 is 1.18 bits per heavy atom. The highest BCUT2D eigenvalue weighted by atomic mass is 16.4. The van der Waals surface area contributed by atoms with E-state index in [1.165, 1.54) is 11.8 Å². The maximum atomic E-state index is 13.6. The van der Waals surface area contributed by atoms with E-state index in [9.17, 15) is 29.4 Å². The molecule has 3 amide bonds. The van der Waals surface area contributed by atoms with Gasteiger partial charge in [-0.25, -0.2) is 4.79 Å². The van der Waals surface area contributed by atoms with Crippen molar-refractivity contribution in [3.63, 3.8) is 0 Å². The monoisotopic (exact) mass is 558 g/mol. The number of carboxylic acids is 1. The van der Waals surface area contributed by atoms with Gasteiger partial charge in [0.1, 0.15) is 18.1 Å². The molecule has 14 heteroatoms. The van der Waals surface area contributed by atoms with Crippen molar-refractivity contribution < 1.29 is 29.4 Å². The molecular weight excluding hydrogens is 520 g/mol. The van der Waals surface area contributed by atoms with Crippen molar-refractivity contribution in [1.82, 2.24) is 20.5 Å². The third-order valence-corrected chi connectivity index (χ3v) is 6.90. The summed E-state index contributed by atoms with van der Waals surface area (Å²) in [7, 11) is 0. The van der Waals surface area contributed by atoms with E-state index in [2.05, 4.69) is 20.6 Å². The number of hydrogen-bond donors (Lipinski definition) is 8. The zero-order valence-electron chi connectivity index (χ0n) is 22.4. The van der Waals surface area contributed by atoms with E-state index < -0.39 is 54.0 Å². The highest BCUT2D eigenvalue weighted by Crippen LogP contribution is 2.23. The fraction of sp³-hybridized carbons (Fsp3) is 0.500. The van der Waals surface area contributed by atoms with E-state index in [0.717, 1.165) is 16.5 Å². The molecule has 0 spiro atoms. The fourth-order valence-electron chi connectivity index (χ4n) is 4.79. The molecule has 1 aliphatic heterocycles. The molecule has 1 aromatic carbocycles. The summed E-state index contributed by atoms with van der Waals surface area (Å²) in [5.74, 6) is -3.23. The molecule has 2 heterocycles. The molecule has 218 valence electrons. The van der Waals surface area contributed by atoms with Gasteiger partial charge in [0, 0.05) is 36.6 Å². The van der Waals surface area contributed by atoms with Crippen LogP contribution in [0.15, 0.2) is 35.5 Å². The lowest BCUT2D eigenvalue weighted by atomic mass is 10.0. The highest BCUT2D eigenvalue weighted by Gasteiger charge is 2.39. The zero-order valence-corrected chi connectivity index (χ0v) is 22.4. The van der Waals surface area contributed by atoms with Crippen LogP contribution in [0.4, 0.5) is 0 Å². The summed E-state index contributed by atoms with van der Waals surface area (Å²) in [4.78, 5) is 59.6. The van der Waals surface area contributed by atoms with Gasteiger partial charge < -0.3 is 47.9 Å². The lowest BCUT2D eigenvalue weighted by Crippen LogP contribution is -2.60. The standard InChI is InChI=1S/C26H38N8O6/c1-14(35)21(33-22(36)17(27)7-4-10-30-26(28)29)23(37)32-19(24(38)34-11-5-9-20(34)25(39)40)12-15-13-31-18-8-3-2-6-16(15)18/h2-3,6,8,13-14,17,19-21,31,35H,4-5,7,9-12,27H2,1H3,(H,32,37)(H,33,36)(H,39,40)(H4,28,29,30). The Labute approximate surface area is 231 Å². The Bertz CT molecular complexity index is 1240. The van der Waals surface area contributed by atoms with Crippen molar-refractivity contribution in [3.05, 3.63) is 36.0 Å². The van der Waals surface area contributed by atoms with Crippen LogP contribution in [0.5, 0.6) is 0 Å². The first-order chi connectivity index (χ1) is 19.0. The third kappa shape index (κ3) is 7.70. The maximum absolute atomic E-state index is 13.6. The number of H-pyrrole nitrogens is 1. The van der Waals surface area contributed by atoms with Gasteiger partial charge in [-0.2, -0.15) is 0 Å². The number of amides is 3. The van der Waals surface area contributed by atoms with Crippen molar-refractivity contribution in [3.8, 4) is 0 Å². The van der Waals surface area contributed by atoms with Crippen LogP contribution in [0.25, 0.3) is 10.9 Å². The normalized spacial score (nSPS) is 18.0. The number of carbonyl (C=O) groups is 4. The van der Waals surface area contributed by atoms with Crippen LogP contribution in [-0.2, 0) is 25.6 Å². The lowest BCUT2D eigenvalue weighted by Gasteiger charge is -2.29. The number of guanidine groups is 1. The first-order valence-corrected chi connectivity index (χ1v) is 13.2. The third-order valence-electron chi connectivity index (χ3n) is 6.90. The van der Waals surface area contributed by atoms with Crippen molar-refractivity contribution in [2.24, 2.45) is 22.2 Å². The maximum Gasteiger partial charge on any atom is 0.326 e. The van der Waals surface area contributed by atoms with E-state index in [1.54, 1.807) is 6.20 Å². The minimum atomic E-state index is -1.41. The second-order valence-electron chi connectivity index (χ2n) is 9.93. The van der Waals surface area contributed by atoms with Crippen molar-refractivity contribution >= 4 is 40.6 Å². The molecule has 3 rings (SSSR count). The number of hydrogen-bond acceptors (Lipinski definition) is 7. The van der Waals surface area contributed by atoms with Crippen molar-refractivity contribution in [1.29, 1.82) is 0 Å². The van der Waals surface area contributed by atoms with Crippen LogP contribution < -0.4 is 27.8 Å². The quantitative estimate of drug-likeness (QED) is 0.0810. The molecule has 2 aromatic rings. The van der Waals surface area contributed by atoms with Gasteiger partial charge in [-0.05, 0) is 44.2 Å². The van der Waals surface area contributed by atoms with Crippen LogP contribution in [0.1, 0.15) is 38.2 Å². The molecule has 0 bridgehead atoms. The molecule has 5 atom stereocenters. The van der Waals surface area contributed by atoms with Crippen molar-refractivity contribution in [2.45, 2.75) is 69.3 Å². The van der Waals surface area contributed by atoms with Gasteiger partial charge in [0.2, 0.25) is 17.7 Å². The summed E-state index contributed by atoms with van der Waals surface area (Å²) in [6.07, 6.45) is 1.93. The smallest absolute Gasteiger partial charge is 0.326 e. The number of nitrogens with two attached hydrogens (primary N) is 3. The Hall–Kier alpha value is -4.17. The van der Waals surface area contributed by atoms with Crippen LogP contribution in [-0.4, -0.2) is 93.1 Å². The minimum absolute atomic E-state index is 0.0577. The zero-order chi connectivity index (χ0) is 29.4. The molecule has 1 aromatic heterocycles. The average Bonchev–Trinajstić information content (AvgIpc) is 3.56. The van der Waals surface area contributed by atoms with E-state index in [-0.39, 0.29) is 31.9 Å². The van der Waals surface area contributed by atoms with Gasteiger partial charge in [0.15, 0.2) is 5.96 Å². The van der Waals surface area contributed by atoms with E-state index >= 15 is 0 Å². The van der Waals surface area contributed by atoms with E-state index in [0.29, 0.717) is 19.3 Å². The van der Waals surface area contributed by atoms with Gasteiger partial charge in [-0.15, -0.1) is 0 Å². The molecule has 1 saturated heterocycles. The molecule has 0 saturated carbocycles. The fourth-order valence-corrected chi connectivity index (χ4v) is 4.79. The molecule has 1 aliphatic rings. The number of likely N-dealkylation sites (tertiary alicyclic amines) is 1. The largest absolute Gasteiger partial charge is 0.480 e. The van der Waals surface area contributed by atoms with E-state index in [4.69, 9.17) is 17.2 Å². The molecular formula is C26H38N8O6. The molecule has 14 nitrogen and oxygen atoms in total. The summed E-state index contributed by atoms with van der Waals surface area (Å²) in [5.41, 5.74) is 18.1. The van der Waals surface area contributed by atoms with Gasteiger partial charge in [0.25, 0.3) is 0 Å². The molecule has 0 radical (unpaired) electrons. The number of para-hydroxylation sites is 1. The number of aliphatic carboxylic acids is 1. The second-order valence-corrected chi connectivity index (χ2v) is 9.93. The highest BCUT2D eigenvalue weighted by molar-refractivity contribution is 5.95. The second kappa shape index (κ2) is 13.8. The summed E-state index contributed by atoms with van der Waals surface area (Å²) >= 11 is 0. The predicted octanol–water partition coefficient (Wildman–Crippen LogP) is -1.48. The average molecular weight is 559 g/mol. The first kappa shape index (κ1) is 30.4. The number of aromatic amines is 1. The Morgan fingerprint density at radius 3 is 2.58 bits per heavy atom. The van der Waals surface area contributed by atoms with E-state index in [1.807, 2.05) is 24.3 Å². The lowest BCUT2D eigenvalue weighted by molar-refractivity contribution is -0.149. The number of aliphatic hydroxyl groups excluding tert-OH is 1. The molecule has 5 unspecified atom stereocenters. The number of fused-ring (bicyclic) bond motifs is 1. The molecule has 40 heavy (non-hydrogen) atoms. The predicted molar refractivity (Wildman–Crippen MR) is 148 cm³/mol. The molecule has 1 fully saturated rings. The number of carbonyl (C=O) groups excluding carboxylic acids is 3. The number of carboxylic acid groups (broad SMARTS) is 1. The number of aliphatic hydroxyl groups is 1. The number of aromatic nitrogens is 1. The molecule has 11 N–H and O–H groups in total. The Balaban J connectivity index is 1.78. The topological polar surface area (TPSA) is 242 Å². The first-order valence-electron chi connectivity index (χ1n) is 13.2. The van der Waals surface area contributed by atoms with Crippen LogP contribution in [0, 0.1) is 0 Å². The number of rotatable bonds is 13. The minimum Gasteiger partial charge on any atom is -0.480 e. The number of nitrogens with zero attached hydrogens (tertiary/aromatic N) is 2. The van der Waals surface area contributed by atoms with Gasteiger partial charge in [-0.1, -0.05) is 18.2 Å². The number of benzene rings is 1. The Kier molecular flexibility index (Phi) is 10.4. The van der Waals surface area contributed by atoms with Crippen molar-refractivity contribution in [2.75, 3.05) is 13.1 Å². The van der Waals surface area contributed by atoms with Crippen LogP contribution in [0.3, 0.4) is 0 Å². The number of aliphatic imine (C=N–C) groups is 1. The Morgan fingerprint density at radius 2 is 1.90 bits per heavy atom. The molecule has 0 aliphatic carbocycles. The summed E-state index contributed by atoms with van der Waals surface area (Å²) in [6.45, 7) is 1.84. The van der Waals surface area contributed by atoms with Gasteiger partial charge in [-0.3, -0.25) is 19.4 Å². The van der Waals surface area contributed by atoms with Gasteiger partial charge >= 0.3 is 5.97 Å². The van der Waals surface area contributed by atoms with Crippen LogP contribution >= 0.6 is 0 Å². The SMILES string of the molecule is CC(O)C(NC(=O)C(N)CCCN=C(N)N)C(=O)NC(Cc1c[nH]c2ccccc12)C(=O)N1CCCC1C(=O)O.